The number of hydrazine groups is 1. The fraction of sp³-hybridized carbons (Fsp3) is 0.368. The van der Waals surface area contributed by atoms with Gasteiger partial charge < -0.3 is 0 Å². The number of nitrogens with zero attached hydrogens (tertiary/aromatic N) is 1. The summed E-state index contributed by atoms with van der Waals surface area (Å²) in [7, 11) is -1.82. The molecule has 1 N–H and O–H groups in total. The fourth-order valence-corrected chi connectivity index (χ4v) is 7.92. The number of hydrogen-bond acceptors (Lipinski definition) is 3. The molecule has 0 aromatic heterocycles. The first kappa shape index (κ1) is 15.1. The van der Waals surface area contributed by atoms with E-state index in [1.54, 1.807) is 0 Å². The maximum atomic E-state index is 5.97. The molecule has 2 aromatic rings. The van der Waals surface area contributed by atoms with E-state index < -0.39 is 8.07 Å². The van der Waals surface area contributed by atoms with Gasteiger partial charge in [-0.25, -0.2) is 5.01 Å². The molecule has 2 atom stereocenters. The summed E-state index contributed by atoms with van der Waals surface area (Å²) >= 11 is 0. The van der Waals surface area contributed by atoms with Gasteiger partial charge in [-0.1, -0.05) is 77.6 Å². The van der Waals surface area contributed by atoms with Crippen molar-refractivity contribution in [1.29, 1.82) is 0 Å². The molecule has 0 saturated carbocycles. The molecule has 2 saturated heterocycles. The van der Waals surface area contributed by atoms with Gasteiger partial charge in [0.05, 0.1) is 12.1 Å². The summed E-state index contributed by atoms with van der Waals surface area (Å²) in [5.41, 5.74) is 3.15. The second-order valence-corrected chi connectivity index (χ2v) is 11.1. The highest BCUT2D eigenvalue weighted by atomic mass is 28.3. The number of fused-ring (bicyclic) bond motifs is 1. The molecule has 0 unspecified atom stereocenters. The van der Waals surface area contributed by atoms with E-state index in [0.717, 1.165) is 12.6 Å². The monoisotopic (exact) mass is 324 g/mol. The van der Waals surface area contributed by atoms with E-state index in [2.05, 4.69) is 77.8 Å². The first-order chi connectivity index (χ1) is 11.3. The second-order valence-electron chi connectivity index (χ2n) is 6.92. The third-order valence-electron chi connectivity index (χ3n) is 5.48. The summed E-state index contributed by atoms with van der Waals surface area (Å²) in [6.07, 6.45) is 2.80. The topological polar surface area (TPSA) is 24.5 Å². The Morgan fingerprint density at radius 2 is 1.65 bits per heavy atom. The van der Waals surface area contributed by atoms with Crippen molar-refractivity contribution >= 4 is 18.4 Å². The van der Waals surface area contributed by atoms with Crippen LogP contribution in [0.25, 0.3) is 0 Å². The van der Waals surface area contributed by atoms with E-state index in [4.69, 9.17) is 4.84 Å². The predicted molar refractivity (Wildman–Crippen MR) is 96.3 cm³/mol. The quantitative estimate of drug-likeness (QED) is 0.872. The normalized spacial score (nSPS) is 24.7. The Kier molecular flexibility index (Phi) is 4.07. The third-order valence-corrected chi connectivity index (χ3v) is 9.92. The van der Waals surface area contributed by atoms with Crippen LogP contribution in [-0.4, -0.2) is 31.8 Å². The van der Waals surface area contributed by atoms with Gasteiger partial charge in [0.25, 0.3) is 0 Å². The number of nitrogens with one attached hydrogen (secondary N) is 1. The molecule has 2 aromatic carbocycles. The smallest absolute Gasteiger partial charge is 0.117 e. The van der Waals surface area contributed by atoms with Crippen LogP contribution < -0.4 is 16.0 Å². The zero-order chi connectivity index (χ0) is 15.7. The third kappa shape index (κ3) is 2.76. The molecule has 2 aliphatic rings. The van der Waals surface area contributed by atoms with Gasteiger partial charge in [-0.05, 0) is 18.9 Å². The molecule has 0 radical (unpaired) electrons. The van der Waals surface area contributed by atoms with Crippen molar-refractivity contribution < 1.29 is 4.84 Å². The van der Waals surface area contributed by atoms with E-state index in [1.165, 1.54) is 23.2 Å². The SMILES string of the molecule is C[Si](C[C@H]1ONN2CCC[C@@H]12)(c1ccccc1)c1ccccc1. The van der Waals surface area contributed by atoms with Crippen LogP contribution in [0.2, 0.25) is 12.6 Å². The van der Waals surface area contributed by atoms with Crippen molar-refractivity contribution in [2.24, 2.45) is 0 Å². The van der Waals surface area contributed by atoms with E-state index >= 15 is 0 Å². The Balaban J connectivity index is 1.69. The zero-order valence-electron chi connectivity index (χ0n) is 13.6. The van der Waals surface area contributed by atoms with Gasteiger partial charge in [0, 0.05) is 6.54 Å². The zero-order valence-corrected chi connectivity index (χ0v) is 14.6. The van der Waals surface area contributed by atoms with Crippen LogP contribution in [-0.2, 0) is 4.84 Å². The highest BCUT2D eigenvalue weighted by Crippen LogP contribution is 2.29. The van der Waals surface area contributed by atoms with Crippen LogP contribution in [0, 0.1) is 0 Å². The highest BCUT2D eigenvalue weighted by molar-refractivity contribution is 7.01. The van der Waals surface area contributed by atoms with Crippen molar-refractivity contribution in [2.75, 3.05) is 6.54 Å². The Morgan fingerprint density at radius 3 is 2.26 bits per heavy atom. The van der Waals surface area contributed by atoms with E-state index in [0.29, 0.717) is 6.04 Å². The summed E-state index contributed by atoms with van der Waals surface area (Å²) in [5.74, 6) is 0. The molecule has 0 bridgehead atoms. The lowest BCUT2D eigenvalue weighted by atomic mass is 10.1. The standard InChI is InChI=1S/C19H24N2OSi/c1-23(16-9-4-2-5-10-16,17-11-6-3-7-12-17)15-19-18-13-8-14-21(18)20-22-19/h2-7,9-12,18-20H,8,13-15H2,1H3/t18-,19+/m0/s1. The predicted octanol–water partition coefficient (Wildman–Crippen LogP) is 2.16. The molecule has 0 aliphatic carbocycles. The van der Waals surface area contributed by atoms with Crippen molar-refractivity contribution in [3.63, 3.8) is 0 Å². The summed E-state index contributed by atoms with van der Waals surface area (Å²) in [4.78, 5) is 5.97. The minimum absolute atomic E-state index is 0.287. The van der Waals surface area contributed by atoms with Gasteiger partial charge in [0.15, 0.2) is 0 Å². The molecule has 0 spiro atoms. The summed E-state index contributed by atoms with van der Waals surface area (Å²) < 4.78 is 0. The van der Waals surface area contributed by atoms with Gasteiger partial charge in [-0.3, -0.25) is 4.84 Å². The molecule has 4 rings (SSSR count). The lowest BCUT2D eigenvalue weighted by Gasteiger charge is -2.32. The Hall–Kier alpha value is -1.46. The molecule has 23 heavy (non-hydrogen) atoms. The average Bonchev–Trinajstić information content (AvgIpc) is 3.21. The summed E-state index contributed by atoms with van der Waals surface area (Å²) in [5, 5.41) is 5.27. The summed E-state index contributed by atoms with van der Waals surface area (Å²) in [6.45, 7) is 3.59. The molecular weight excluding hydrogens is 300 g/mol. The number of benzene rings is 2. The van der Waals surface area contributed by atoms with Crippen molar-refractivity contribution in [3.8, 4) is 0 Å². The largest absolute Gasteiger partial charge is 0.282 e. The van der Waals surface area contributed by atoms with Crippen molar-refractivity contribution in [2.45, 2.75) is 37.6 Å². The second kappa shape index (κ2) is 6.21. The molecule has 2 fully saturated rings. The minimum Gasteiger partial charge on any atom is -0.282 e. The molecule has 0 amide bonds. The Labute approximate surface area is 139 Å². The van der Waals surface area contributed by atoms with Crippen LogP contribution in [0.4, 0.5) is 0 Å². The van der Waals surface area contributed by atoms with Gasteiger partial charge in [-0.2, -0.15) is 0 Å². The van der Waals surface area contributed by atoms with Crippen LogP contribution in [0.5, 0.6) is 0 Å². The van der Waals surface area contributed by atoms with Gasteiger partial charge in [0.2, 0.25) is 0 Å². The molecule has 2 aliphatic heterocycles. The lowest BCUT2D eigenvalue weighted by Crippen LogP contribution is -2.58. The van der Waals surface area contributed by atoms with Crippen molar-refractivity contribution in [1.82, 2.24) is 10.6 Å². The fourth-order valence-electron chi connectivity index (χ4n) is 4.10. The first-order valence-corrected chi connectivity index (χ1v) is 11.3. The maximum Gasteiger partial charge on any atom is 0.117 e. The lowest BCUT2D eigenvalue weighted by molar-refractivity contribution is -0.0146. The average molecular weight is 324 g/mol. The minimum atomic E-state index is -1.82. The molecule has 2 heterocycles. The summed E-state index contributed by atoms with van der Waals surface area (Å²) in [6, 6.07) is 23.7. The number of rotatable bonds is 4. The van der Waals surface area contributed by atoms with Crippen molar-refractivity contribution in [3.05, 3.63) is 60.7 Å². The van der Waals surface area contributed by atoms with Crippen LogP contribution in [0.3, 0.4) is 0 Å². The molecule has 120 valence electrons. The highest BCUT2D eigenvalue weighted by Gasteiger charge is 2.44. The van der Waals surface area contributed by atoms with Crippen LogP contribution in [0.15, 0.2) is 60.7 Å². The molecule has 4 heteroatoms. The Morgan fingerprint density at radius 1 is 1.04 bits per heavy atom. The maximum absolute atomic E-state index is 5.97. The van der Waals surface area contributed by atoms with E-state index in [9.17, 15) is 0 Å². The molecular formula is C19H24N2OSi. The van der Waals surface area contributed by atoms with E-state index in [1.807, 2.05) is 0 Å². The molecule has 3 nitrogen and oxygen atoms in total. The Bertz CT molecular complexity index is 609. The van der Waals surface area contributed by atoms with Gasteiger partial charge in [0.1, 0.15) is 8.07 Å². The van der Waals surface area contributed by atoms with Gasteiger partial charge in [-0.15, -0.1) is 5.59 Å². The first-order valence-electron chi connectivity index (χ1n) is 8.56. The van der Waals surface area contributed by atoms with Gasteiger partial charge >= 0.3 is 0 Å². The van der Waals surface area contributed by atoms with Crippen LogP contribution >= 0.6 is 0 Å². The van der Waals surface area contributed by atoms with E-state index in [-0.39, 0.29) is 6.10 Å². The van der Waals surface area contributed by atoms with Crippen LogP contribution in [0.1, 0.15) is 12.8 Å². The number of hydrogen-bond donors (Lipinski definition) is 1.